The zero-order chi connectivity index (χ0) is 26.6. The number of carbonyl (C=O) groups is 1. The number of hydrogen-bond donors (Lipinski definition) is 1. The van der Waals surface area contributed by atoms with Gasteiger partial charge in [0.2, 0.25) is 11.9 Å². The van der Waals surface area contributed by atoms with Crippen LogP contribution in [-0.4, -0.2) is 58.9 Å². The van der Waals surface area contributed by atoms with Crippen molar-refractivity contribution in [3.05, 3.63) is 52.6 Å². The van der Waals surface area contributed by atoms with Crippen molar-refractivity contribution >= 4 is 23.5 Å². The second-order valence-electron chi connectivity index (χ2n) is 10.5. The number of anilines is 1. The molecule has 2 N–H and O–H groups in total. The molecule has 0 radical (unpaired) electrons. The van der Waals surface area contributed by atoms with E-state index in [9.17, 15) is 18.0 Å². The average molecular weight is 538 g/mol. The molecule has 1 aromatic carbocycles. The van der Waals surface area contributed by atoms with E-state index in [-0.39, 0.29) is 19.4 Å². The summed E-state index contributed by atoms with van der Waals surface area (Å²) in [5, 5.41) is 0.535. The van der Waals surface area contributed by atoms with Gasteiger partial charge in [-0.15, -0.1) is 0 Å². The van der Waals surface area contributed by atoms with Crippen LogP contribution in [0.5, 0.6) is 0 Å². The Balaban J connectivity index is 1.20. The molecule has 6 nitrogen and oxygen atoms in total. The molecule has 2 aromatic rings. The summed E-state index contributed by atoms with van der Waals surface area (Å²) in [5.41, 5.74) is 7.18. The predicted molar refractivity (Wildman–Crippen MR) is 138 cm³/mol. The van der Waals surface area contributed by atoms with E-state index in [0.717, 1.165) is 61.6 Å². The molecule has 0 spiro atoms. The van der Waals surface area contributed by atoms with Gasteiger partial charge in [0.1, 0.15) is 5.82 Å². The van der Waals surface area contributed by atoms with Gasteiger partial charge in [-0.1, -0.05) is 37.1 Å². The number of amides is 1. The maximum absolute atomic E-state index is 14.7. The van der Waals surface area contributed by atoms with E-state index >= 15 is 0 Å². The van der Waals surface area contributed by atoms with Crippen LogP contribution < -0.4 is 10.6 Å². The van der Waals surface area contributed by atoms with Crippen molar-refractivity contribution in [3.8, 4) is 0 Å². The van der Waals surface area contributed by atoms with Crippen LogP contribution in [0, 0.1) is 17.7 Å². The van der Waals surface area contributed by atoms with Crippen LogP contribution in [0.1, 0.15) is 50.2 Å². The maximum Gasteiger partial charge on any atom is 0.267 e. The number of alkyl halides is 2. The van der Waals surface area contributed by atoms with E-state index in [2.05, 4.69) is 21.8 Å². The van der Waals surface area contributed by atoms with E-state index in [4.69, 9.17) is 17.3 Å². The Hall–Kier alpha value is -2.39. The fourth-order valence-electron chi connectivity index (χ4n) is 5.40. The highest BCUT2D eigenvalue weighted by atomic mass is 35.5. The number of benzene rings is 1. The van der Waals surface area contributed by atoms with Crippen LogP contribution in [0.4, 0.5) is 19.1 Å². The highest BCUT2D eigenvalue weighted by molar-refractivity contribution is 6.30. The molecular formula is C27H35ClF3N5O. The van der Waals surface area contributed by atoms with Crippen LogP contribution in [0.25, 0.3) is 0 Å². The van der Waals surface area contributed by atoms with Crippen LogP contribution >= 0.6 is 11.6 Å². The summed E-state index contributed by atoms with van der Waals surface area (Å²) in [7, 11) is 0. The lowest BCUT2D eigenvalue weighted by Crippen LogP contribution is -2.44. The molecule has 202 valence electrons. The predicted octanol–water partition coefficient (Wildman–Crippen LogP) is 4.88. The van der Waals surface area contributed by atoms with Gasteiger partial charge >= 0.3 is 0 Å². The number of nitrogens with zero attached hydrogens (tertiary/aromatic N) is 4. The first kappa shape index (κ1) is 27.6. The molecule has 4 rings (SSSR count). The molecule has 10 heteroatoms. The van der Waals surface area contributed by atoms with E-state index < -0.39 is 30.2 Å². The van der Waals surface area contributed by atoms with E-state index in [0.29, 0.717) is 22.4 Å². The van der Waals surface area contributed by atoms with Gasteiger partial charge < -0.3 is 15.5 Å². The number of halogens is 4. The number of hydrogen-bond acceptors (Lipinski definition) is 5. The SMILES string of the molecule is CC(CCCc1ccc(CC(N)C(=O)N2CCC(F)(F)C2)c(F)c1)C1CCN(c2ncc(Cl)cn2)CC1. The molecule has 1 amide bonds. The molecule has 2 aliphatic heterocycles. The topological polar surface area (TPSA) is 75.4 Å². The van der Waals surface area contributed by atoms with Crippen molar-refractivity contribution in [2.45, 2.75) is 63.8 Å². The third-order valence-corrected chi connectivity index (χ3v) is 7.91. The Morgan fingerprint density at radius 3 is 2.54 bits per heavy atom. The molecule has 0 aliphatic carbocycles. The van der Waals surface area contributed by atoms with Gasteiger partial charge in [-0.2, -0.15) is 0 Å². The van der Waals surface area contributed by atoms with Crippen LogP contribution in [0.3, 0.4) is 0 Å². The largest absolute Gasteiger partial charge is 0.341 e. The van der Waals surface area contributed by atoms with E-state index in [1.54, 1.807) is 18.5 Å². The third-order valence-electron chi connectivity index (χ3n) is 7.71. The standard InChI is InChI=1S/C27H35ClF3N5O/c1-18(20-7-10-35(11-8-20)26-33-15-22(28)16-34-26)3-2-4-19-5-6-21(23(29)13-19)14-24(32)25(37)36-12-9-27(30,31)17-36/h5-6,13,15-16,18,20,24H,2-4,7-12,14,17,32H2,1H3. The second kappa shape index (κ2) is 12.0. The minimum Gasteiger partial charge on any atom is -0.341 e. The lowest BCUT2D eigenvalue weighted by Gasteiger charge is -2.35. The summed E-state index contributed by atoms with van der Waals surface area (Å²) in [6.07, 6.45) is 7.85. The van der Waals surface area contributed by atoms with Gasteiger partial charge in [0.05, 0.1) is 30.0 Å². The van der Waals surface area contributed by atoms with Gasteiger partial charge in [0.15, 0.2) is 0 Å². The number of aromatic nitrogens is 2. The Kier molecular flexibility index (Phi) is 8.95. The van der Waals surface area contributed by atoms with Crippen molar-refractivity contribution in [1.29, 1.82) is 0 Å². The normalized spacial score (nSPS) is 19.7. The van der Waals surface area contributed by atoms with Crippen LogP contribution in [-0.2, 0) is 17.6 Å². The second-order valence-corrected chi connectivity index (χ2v) is 10.9. The van der Waals surface area contributed by atoms with Gasteiger partial charge in [-0.3, -0.25) is 4.79 Å². The quantitative estimate of drug-likeness (QED) is 0.493. The van der Waals surface area contributed by atoms with Crippen molar-refractivity contribution < 1.29 is 18.0 Å². The van der Waals surface area contributed by atoms with Crippen molar-refractivity contribution in [1.82, 2.24) is 14.9 Å². The zero-order valence-electron chi connectivity index (χ0n) is 21.2. The van der Waals surface area contributed by atoms with Gasteiger partial charge in [0, 0.05) is 26.1 Å². The number of aryl methyl sites for hydroxylation is 1. The van der Waals surface area contributed by atoms with Crippen molar-refractivity contribution in [2.75, 3.05) is 31.1 Å². The van der Waals surface area contributed by atoms with Gasteiger partial charge in [-0.05, 0) is 61.1 Å². The van der Waals surface area contributed by atoms with Gasteiger partial charge in [-0.25, -0.2) is 23.1 Å². The monoisotopic (exact) mass is 537 g/mol. The summed E-state index contributed by atoms with van der Waals surface area (Å²) in [4.78, 5) is 24.3. The molecule has 2 unspecified atom stereocenters. The maximum atomic E-state index is 14.7. The van der Waals surface area contributed by atoms with E-state index in [1.807, 2.05) is 6.07 Å². The number of carbonyl (C=O) groups excluding carboxylic acids is 1. The first-order valence-corrected chi connectivity index (χ1v) is 13.4. The Labute approximate surface area is 221 Å². The summed E-state index contributed by atoms with van der Waals surface area (Å²) in [6, 6.07) is 4.00. The number of likely N-dealkylation sites (tertiary alicyclic amines) is 1. The molecule has 2 saturated heterocycles. The number of piperidine rings is 1. The molecule has 3 heterocycles. The smallest absolute Gasteiger partial charge is 0.267 e. The number of nitrogens with two attached hydrogens (primary N) is 1. The Morgan fingerprint density at radius 2 is 1.92 bits per heavy atom. The fourth-order valence-corrected chi connectivity index (χ4v) is 5.49. The number of rotatable bonds is 9. The first-order valence-electron chi connectivity index (χ1n) is 13.0. The molecule has 1 aromatic heterocycles. The van der Waals surface area contributed by atoms with Gasteiger partial charge in [0.25, 0.3) is 5.92 Å². The van der Waals surface area contributed by atoms with E-state index in [1.165, 1.54) is 6.07 Å². The summed E-state index contributed by atoms with van der Waals surface area (Å²) in [6.45, 7) is 3.50. The molecule has 2 fully saturated rings. The minimum atomic E-state index is -2.87. The van der Waals surface area contributed by atoms with Crippen LogP contribution in [0.2, 0.25) is 5.02 Å². The summed E-state index contributed by atoms with van der Waals surface area (Å²) >= 11 is 5.88. The molecule has 0 bridgehead atoms. The van der Waals surface area contributed by atoms with Crippen molar-refractivity contribution in [3.63, 3.8) is 0 Å². The molecule has 2 aliphatic rings. The average Bonchev–Trinajstić information content (AvgIpc) is 3.25. The minimum absolute atomic E-state index is 0.0101. The highest BCUT2D eigenvalue weighted by Gasteiger charge is 2.41. The van der Waals surface area contributed by atoms with Crippen molar-refractivity contribution in [2.24, 2.45) is 17.6 Å². The third kappa shape index (κ3) is 7.35. The lowest BCUT2D eigenvalue weighted by molar-refractivity contribution is -0.133. The lowest BCUT2D eigenvalue weighted by atomic mass is 9.82. The molecular weight excluding hydrogens is 503 g/mol. The van der Waals surface area contributed by atoms with Crippen LogP contribution in [0.15, 0.2) is 30.6 Å². The zero-order valence-corrected chi connectivity index (χ0v) is 21.9. The highest BCUT2D eigenvalue weighted by Crippen LogP contribution is 2.30. The molecule has 0 saturated carbocycles. The Bertz CT molecular complexity index is 1060. The summed E-state index contributed by atoms with van der Waals surface area (Å²) < 4.78 is 41.5. The Morgan fingerprint density at radius 1 is 1.22 bits per heavy atom. The molecule has 37 heavy (non-hydrogen) atoms. The molecule has 2 atom stereocenters. The summed E-state index contributed by atoms with van der Waals surface area (Å²) in [5.74, 6) is -1.90. The fraction of sp³-hybridized carbons (Fsp3) is 0.593. The first-order chi connectivity index (χ1) is 17.6.